The predicted molar refractivity (Wildman–Crippen MR) is 117 cm³/mol. The van der Waals surface area contributed by atoms with Gasteiger partial charge in [-0.25, -0.2) is 0 Å². The first-order valence-corrected chi connectivity index (χ1v) is 10.4. The number of benzene rings is 1. The largest absolute Gasteiger partial charge is 0.391 e. The summed E-state index contributed by atoms with van der Waals surface area (Å²) >= 11 is 0. The van der Waals surface area contributed by atoms with Gasteiger partial charge in [-0.3, -0.25) is 14.4 Å². The van der Waals surface area contributed by atoms with Crippen molar-refractivity contribution >= 4 is 17.7 Å². The highest BCUT2D eigenvalue weighted by Crippen LogP contribution is 2.28. The van der Waals surface area contributed by atoms with Gasteiger partial charge in [-0.1, -0.05) is 31.9 Å². The fourth-order valence-electron chi connectivity index (χ4n) is 3.56. The van der Waals surface area contributed by atoms with Crippen molar-refractivity contribution in [3.05, 3.63) is 35.4 Å². The summed E-state index contributed by atoms with van der Waals surface area (Å²) < 4.78 is 0. The quantitative estimate of drug-likeness (QED) is 0.438. The van der Waals surface area contributed by atoms with Crippen molar-refractivity contribution in [3.63, 3.8) is 0 Å². The molecule has 8 nitrogen and oxygen atoms in total. The molecule has 1 aromatic rings. The van der Waals surface area contributed by atoms with E-state index in [1.54, 1.807) is 12.1 Å². The van der Waals surface area contributed by atoms with E-state index in [-0.39, 0.29) is 37.2 Å². The number of likely N-dealkylation sites (tertiary alicyclic amines) is 1. The molecule has 168 valence electrons. The van der Waals surface area contributed by atoms with Crippen molar-refractivity contribution in [1.29, 1.82) is 0 Å². The van der Waals surface area contributed by atoms with E-state index in [1.165, 1.54) is 11.8 Å². The Balaban J connectivity index is 2.01. The summed E-state index contributed by atoms with van der Waals surface area (Å²) in [6.07, 6.45) is 5.22. The maximum absolute atomic E-state index is 13.1. The lowest BCUT2D eigenvalue weighted by atomic mass is 9.80. The van der Waals surface area contributed by atoms with Crippen LogP contribution in [-0.4, -0.2) is 59.0 Å². The first-order valence-electron chi connectivity index (χ1n) is 10.4. The van der Waals surface area contributed by atoms with Gasteiger partial charge in [0.15, 0.2) is 0 Å². The Morgan fingerprint density at radius 2 is 1.94 bits per heavy atom. The number of β-amino-alcohol motifs (C(OH)–C–C–N with tert-alkyl or cyclic N) is 1. The van der Waals surface area contributed by atoms with Gasteiger partial charge < -0.3 is 26.4 Å². The molecule has 1 heterocycles. The minimum absolute atomic E-state index is 0.0588. The van der Waals surface area contributed by atoms with Crippen molar-refractivity contribution in [2.45, 2.75) is 58.3 Å². The van der Waals surface area contributed by atoms with Crippen LogP contribution in [0.4, 0.5) is 0 Å². The van der Waals surface area contributed by atoms with Gasteiger partial charge >= 0.3 is 0 Å². The van der Waals surface area contributed by atoms with Gasteiger partial charge in [0, 0.05) is 38.5 Å². The number of aliphatic hydroxyl groups is 1. The summed E-state index contributed by atoms with van der Waals surface area (Å²) in [6.45, 7) is 5.86. The first kappa shape index (κ1) is 24.4. The Labute approximate surface area is 183 Å². The normalized spacial score (nSPS) is 19.4. The molecule has 3 amide bonds. The lowest BCUT2D eigenvalue weighted by Crippen LogP contribution is -2.55. The highest BCUT2D eigenvalue weighted by Gasteiger charge is 2.43. The van der Waals surface area contributed by atoms with E-state index in [0.29, 0.717) is 13.0 Å². The Morgan fingerprint density at radius 1 is 1.29 bits per heavy atom. The smallest absolute Gasteiger partial charge is 0.243 e. The fraction of sp³-hybridized carbons (Fsp3) is 0.522. The van der Waals surface area contributed by atoms with Crippen LogP contribution < -0.4 is 16.4 Å². The molecular formula is C23H32N4O4. The van der Waals surface area contributed by atoms with Gasteiger partial charge in [0.2, 0.25) is 17.7 Å². The Bertz CT molecular complexity index is 844. The van der Waals surface area contributed by atoms with E-state index >= 15 is 0 Å². The molecule has 0 radical (unpaired) electrons. The number of rotatable bonds is 8. The Hall–Kier alpha value is -2.89. The maximum Gasteiger partial charge on any atom is 0.243 e. The summed E-state index contributed by atoms with van der Waals surface area (Å²) in [6, 6.07) is 5.57. The number of terminal acetylenes is 1. The number of hydrogen-bond donors (Lipinski definition) is 4. The third kappa shape index (κ3) is 6.54. The van der Waals surface area contributed by atoms with E-state index in [4.69, 9.17) is 12.2 Å². The minimum Gasteiger partial charge on any atom is -0.391 e. The molecule has 1 fully saturated rings. The average Bonchev–Trinajstić information content (AvgIpc) is 3.12. The van der Waals surface area contributed by atoms with Gasteiger partial charge in [0.1, 0.15) is 6.04 Å². The Kier molecular flexibility index (Phi) is 8.20. The highest BCUT2D eigenvalue weighted by atomic mass is 16.3. The molecule has 1 aliphatic heterocycles. The maximum atomic E-state index is 13.1. The minimum atomic E-state index is -0.877. The zero-order chi connectivity index (χ0) is 23.2. The highest BCUT2D eigenvalue weighted by molar-refractivity contribution is 5.90. The third-order valence-electron chi connectivity index (χ3n) is 5.70. The summed E-state index contributed by atoms with van der Waals surface area (Å²) in [4.78, 5) is 38.3. The lowest BCUT2D eigenvalue weighted by Gasteiger charge is -2.35. The molecule has 31 heavy (non-hydrogen) atoms. The summed E-state index contributed by atoms with van der Waals surface area (Å²) in [7, 11) is 0. The lowest BCUT2D eigenvalue weighted by molar-refractivity contribution is -0.141. The number of nitrogens with one attached hydrogen (secondary N) is 2. The van der Waals surface area contributed by atoms with Crippen LogP contribution in [0.3, 0.4) is 0 Å². The molecular weight excluding hydrogens is 396 g/mol. The van der Waals surface area contributed by atoms with Gasteiger partial charge in [-0.05, 0) is 29.5 Å². The van der Waals surface area contributed by atoms with E-state index in [0.717, 1.165) is 11.1 Å². The molecule has 0 bridgehead atoms. The fourth-order valence-corrected chi connectivity index (χ4v) is 3.56. The number of nitrogens with two attached hydrogens (primary N) is 1. The second-order valence-electron chi connectivity index (χ2n) is 8.65. The topological polar surface area (TPSA) is 125 Å². The van der Waals surface area contributed by atoms with Crippen molar-refractivity contribution < 1.29 is 19.5 Å². The molecule has 1 aromatic carbocycles. The van der Waals surface area contributed by atoms with Crippen LogP contribution in [0.15, 0.2) is 24.3 Å². The van der Waals surface area contributed by atoms with E-state index < -0.39 is 23.6 Å². The van der Waals surface area contributed by atoms with Crippen LogP contribution in [0.1, 0.15) is 44.7 Å². The summed E-state index contributed by atoms with van der Waals surface area (Å²) in [5, 5.41) is 15.6. The molecule has 0 aromatic heterocycles. The van der Waals surface area contributed by atoms with Gasteiger partial charge in [0.05, 0.1) is 12.1 Å². The van der Waals surface area contributed by atoms with Crippen molar-refractivity contribution in [3.8, 4) is 12.3 Å². The number of amides is 3. The monoisotopic (exact) mass is 428 g/mol. The number of aliphatic hydroxyl groups excluding tert-OH is 1. The average molecular weight is 429 g/mol. The SMILES string of the molecule is C#Cc1ccc(CNC(=O)[C@@H]2C[C@@H](O)CN2C(=O)[C@H](N)C(C)(C)CCNC(C)=O)cc1. The van der Waals surface area contributed by atoms with Gasteiger partial charge in [0.25, 0.3) is 0 Å². The van der Waals surface area contributed by atoms with Crippen LogP contribution >= 0.6 is 0 Å². The van der Waals surface area contributed by atoms with Crippen molar-refractivity contribution in [2.24, 2.45) is 11.1 Å². The molecule has 5 N–H and O–H groups in total. The van der Waals surface area contributed by atoms with E-state index in [2.05, 4.69) is 16.6 Å². The summed E-state index contributed by atoms with van der Waals surface area (Å²) in [5.74, 6) is 1.66. The van der Waals surface area contributed by atoms with Crippen LogP contribution in [-0.2, 0) is 20.9 Å². The van der Waals surface area contributed by atoms with Crippen molar-refractivity contribution in [2.75, 3.05) is 13.1 Å². The first-order chi connectivity index (χ1) is 14.5. The van der Waals surface area contributed by atoms with Crippen LogP contribution in [0.2, 0.25) is 0 Å². The number of hydrogen-bond acceptors (Lipinski definition) is 5. The van der Waals surface area contributed by atoms with Crippen molar-refractivity contribution in [1.82, 2.24) is 15.5 Å². The number of nitrogens with zero attached hydrogens (tertiary/aromatic N) is 1. The molecule has 0 aliphatic carbocycles. The van der Waals surface area contributed by atoms with E-state index in [9.17, 15) is 19.5 Å². The van der Waals surface area contributed by atoms with Gasteiger partial charge in [-0.2, -0.15) is 0 Å². The Morgan fingerprint density at radius 3 is 2.52 bits per heavy atom. The standard InChI is InChI=1S/C23H32N4O4/c1-5-16-6-8-17(9-7-16)13-26-21(30)19-12-18(29)14-27(19)22(31)20(24)23(3,4)10-11-25-15(2)28/h1,6-9,18-20,29H,10-14,24H2,2-4H3,(H,25,28)(H,26,30)/t18-,19+,20+/m1/s1. The molecule has 3 atom stereocenters. The van der Waals surface area contributed by atoms with Gasteiger partial charge in [-0.15, -0.1) is 6.42 Å². The second kappa shape index (κ2) is 10.4. The number of carbonyl (C=O) groups is 3. The zero-order valence-corrected chi connectivity index (χ0v) is 18.4. The molecule has 1 saturated heterocycles. The number of carbonyl (C=O) groups excluding carboxylic acids is 3. The van der Waals surface area contributed by atoms with Crippen LogP contribution in [0.25, 0.3) is 0 Å². The third-order valence-corrected chi connectivity index (χ3v) is 5.70. The second-order valence-corrected chi connectivity index (χ2v) is 8.65. The molecule has 0 spiro atoms. The molecule has 0 unspecified atom stereocenters. The van der Waals surface area contributed by atoms with E-state index in [1.807, 2.05) is 26.0 Å². The molecule has 2 rings (SSSR count). The summed E-state index contributed by atoms with van der Waals surface area (Å²) in [5.41, 5.74) is 7.28. The van der Waals surface area contributed by atoms with Crippen LogP contribution in [0.5, 0.6) is 0 Å². The predicted octanol–water partition coefficient (Wildman–Crippen LogP) is 0.126. The zero-order valence-electron chi connectivity index (χ0n) is 18.4. The van der Waals surface area contributed by atoms with Crippen LogP contribution in [0, 0.1) is 17.8 Å². The molecule has 0 saturated carbocycles. The molecule has 1 aliphatic rings. The molecule has 8 heteroatoms.